The predicted molar refractivity (Wildman–Crippen MR) is 93.5 cm³/mol. The summed E-state index contributed by atoms with van der Waals surface area (Å²) in [6.07, 6.45) is 1.30. The summed E-state index contributed by atoms with van der Waals surface area (Å²) in [7, 11) is 1.70. The number of nitrogens with one attached hydrogen (secondary N) is 1. The van der Waals surface area contributed by atoms with Crippen molar-refractivity contribution in [3.8, 4) is 0 Å². The molecule has 0 radical (unpaired) electrons. The molecule has 0 bridgehead atoms. The molecule has 7 heteroatoms. The van der Waals surface area contributed by atoms with E-state index >= 15 is 0 Å². The van der Waals surface area contributed by atoms with Crippen LogP contribution in [0.5, 0.6) is 0 Å². The molecule has 0 saturated carbocycles. The molecule has 0 spiro atoms. The first kappa shape index (κ1) is 19.2. The Bertz CT molecular complexity index is 666. The fraction of sp³-hybridized carbons (Fsp3) is 0.632. The monoisotopic (exact) mass is 369 g/mol. The Morgan fingerprint density at radius 2 is 2.27 bits per heavy atom. The Morgan fingerprint density at radius 3 is 2.88 bits per heavy atom. The van der Waals surface area contributed by atoms with E-state index in [1.165, 1.54) is 11.8 Å². The summed E-state index contributed by atoms with van der Waals surface area (Å²) in [6, 6.07) is 1.26. The van der Waals surface area contributed by atoms with Crippen molar-refractivity contribution in [1.29, 1.82) is 0 Å². The first-order valence-corrected chi connectivity index (χ1v) is 9.10. The van der Waals surface area contributed by atoms with Gasteiger partial charge in [-0.2, -0.15) is 13.2 Å². The molecular weight excluding hydrogens is 343 g/mol. The molecule has 3 rings (SSSR count). The number of allylic oxidation sites excluding steroid dienone is 1. The normalized spacial score (nSPS) is 24.0. The van der Waals surface area contributed by atoms with Gasteiger partial charge in [0.15, 0.2) is 0 Å². The molecule has 0 aromatic carbocycles. The standard InChI is InChI=1S/C19H26F3N3O/c1-3-4-17(18(13-26-2)6-7-23-12-18)25-8-5-16-14(11-25)9-15(10-24-16)19(20,21)22/h4,9-10,23H,3,5-8,11-13H2,1-2H3/b17-4+. The fourth-order valence-corrected chi connectivity index (χ4v) is 4.10. The maximum atomic E-state index is 13.1. The zero-order valence-corrected chi connectivity index (χ0v) is 15.3. The predicted octanol–water partition coefficient (Wildman–Crippen LogP) is 3.38. The molecule has 1 saturated heterocycles. The number of hydrogen-bond acceptors (Lipinski definition) is 4. The minimum Gasteiger partial charge on any atom is -0.384 e. The molecule has 1 unspecified atom stereocenters. The Labute approximate surface area is 152 Å². The van der Waals surface area contributed by atoms with Gasteiger partial charge >= 0.3 is 6.18 Å². The Morgan fingerprint density at radius 1 is 1.46 bits per heavy atom. The highest BCUT2D eigenvalue weighted by atomic mass is 19.4. The second-order valence-electron chi connectivity index (χ2n) is 7.14. The van der Waals surface area contributed by atoms with E-state index < -0.39 is 11.7 Å². The average molecular weight is 369 g/mol. The van der Waals surface area contributed by atoms with Crippen molar-refractivity contribution in [3.63, 3.8) is 0 Å². The number of halogens is 3. The fourth-order valence-electron chi connectivity index (χ4n) is 4.10. The zero-order chi connectivity index (χ0) is 18.8. The van der Waals surface area contributed by atoms with Crippen molar-refractivity contribution >= 4 is 0 Å². The molecule has 2 aliphatic rings. The van der Waals surface area contributed by atoms with Crippen LogP contribution in [-0.2, 0) is 23.9 Å². The quantitative estimate of drug-likeness (QED) is 0.864. The van der Waals surface area contributed by atoms with E-state index in [2.05, 4.69) is 28.2 Å². The molecule has 4 nitrogen and oxygen atoms in total. The molecule has 0 aliphatic carbocycles. The van der Waals surface area contributed by atoms with Crippen LogP contribution in [0, 0.1) is 5.41 Å². The highest BCUT2D eigenvalue weighted by molar-refractivity contribution is 5.31. The van der Waals surface area contributed by atoms with Gasteiger partial charge in [-0.05, 0) is 31.0 Å². The second-order valence-corrected chi connectivity index (χ2v) is 7.14. The van der Waals surface area contributed by atoms with Gasteiger partial charge in [0.2, 0.25) is 0 Å². The van der Waals surface area contributed by atoms with Gasteiger partial charge in [-0.3, -0.25) is 4.98 Å². The third-order valence-electron chi connectivity index (χ3n) is 5.31. The largest absolute Gasteiger partial charge is 0.417 e. The first-order valence-electron chi connectivity index (χ1n) is 9.10. The number of nitrogens with zero attached hydrogens (tertiary/aromatic N) is 2. The molecule has 0 amide bonds. The van der Waals surface area contributed by atoms with Crippen LogP contribution < -0.4 is 5.32 Å². The van der Waals surface area contributed by atoms with E-state index in [1.54, 1.807) is 7.11 Å². The molecular formula is C19H26F3N3O. The maximum Gasteiger partial charge on any atom is 0.417 e. The van der Waals surface area contributed by atoms with Crippen LogP contribution in [-0.4, -0.2) is 43.2 Å². The molecule has 1 aromatic rings. The topological polar surface area (TPSA) is 37.4 Å². The van der Waals surface area contributed by atoms with Gasteiger partial charge in [-0.1, -0.05) is 13.0 Å². The van der Waals surface area contributed by atoms with E-state index in [9.17, 15) is 13.2 Å². The number of methoxy groups -OCH3 is 1. The number of ether oxygens (including phenoxy) is 1. The van der Waals surface area contributed by atoms with E-state index in [0.717, 1.165) is 44.4 Å². The van der Waals surface area contributed by atoms with Gasteiger partial charge < -0.3 is 15.0 Å². The van der Waals surface area contributed by atoms with Gasteiger partial charge in [0, 0.05) is 56.2 Å². The van der Waals surface area contributed by atoms with Gasteiger partial charge in [0.1, 0.15) is 0 Å². The van der Waals surface area contributed by atoms with E-state index in [4.69, 9.17) is 4.74 Å². The lowest BCUT2D eigenvalue weighted by atomic mass is 9.82. The van der Waals surface area contributed by atoms with Crippen LogP contribution in [0.25, 0.3) is 0 Å². The Kier molecular flexibility index (Phi) is 5.58. The molecule has 144 valence electrons. The lowest BCUT2D eigenvalue weighted by molar-refractivity contribution is -0.137. The van der Waals surface area contributed by atoms with Crippen LogP contribution in [0.3, 0.4) is 0 Å². The minimum atomic E-state index is -4.36. The lowest BCUT2D eigenvalue weighted by Gasteiger charge is -2.41. The lowest BCUT2D eigenvalue weighted by Crippen LogP contribution is -2.42. The summed E-state index contributed by atoms with van der Waals surface area (Å²) < 4.78 is 44.7. The van der Waals surface area contributed by atoms with Crippen molar-refractivity contribution in [1.82, 2.24) is 15.2 Å². The van der Waals surface area contributed by atoms with Crippen molar-refractivity contribution in [2.24, 2.45) is 5.41 Å². The van der Waals surface area contributed by atoms with E-state index in [1.807, 2.05) is 0 Å². The van der Waals surface area contributed by atoms with Crippen LogP contribution in [0.1, 0.15) is 36.6 Å². The number of hydrogen-bond donors (Lipinski definition) is 1. The zero-order valence-electron chi connectivity index (χ0n) is 15.3. The second kappa shape index (κ2) is 7.56. The van der Waals surface area contributed by atoms with Crippen molar-refractivity contribution < 1.29 is 17.9 Å². The van der Waals surface area contributed by atoms with E-state index in [0.29, 0.717) is 25.1 Å². The van der Waals surface area contributed by atoms with Gasteiger partial charge in [0.05, 0.1) is 12.2 Å². The summed E-state index contributed by atoms with van der Waals surface area (Å²) in [6.45, 7) is 5.68. The summed E-state index contributed by atoms with van der Waals surface area (Å²) in [5, 5.41) is 3.42. The van der Waals surface area contributed by atoms with Crippen LogP contribution in [0.2, 0.25) is 0 Å². The molecule has 1 aromatic heterocycles. The molecule has 1 atom stereocenters. The summed E-state index contributed by atoms with van der Waals surface area (Å²) >= 11 is 0. The van der Waals surface area contributed by atoms with Crippen molar-refractivity contribution in [2.75, 3.05) is 33.4 Å². The third kappa shape index (κ3) is 3.74. The molecule has 2 aliphatic heterocycles. The van der Waals surface area contributed by atoms with Crippen LogP contribution in [0.15, 0.2) is 24.0 Å². The molecule has 1 N–H and O–H groups in total. The number of aromatic nitrogens is 1. The molecule has 26 heavy (non-hydrogen) atoms. The smallest absolute Gasteiger partial charge is 0.384 e. The van der Waals surface area contributed by atoms with Gasteiger partial charge in [0.25, 0.3) is 0 Å². The Hall–Kier alpha value is -1.60. The SMILES string of the molecule is CC/C=C(/N1CCc2ncc(C(F)(F)F)cc2C1)C1(COC)CCNC1. The van der Waals surface area contributed by atoms with E-state index in [-0.39, 0.29) is 5.41 Å². The summed E-state index contributed by atoms with van der Waals surface area (Å²) in [5.74, 6) is 0. The summed E-state index contributed by atoms with van der Waals surface area (Å²) in [4.78, 5) is 6.30. The molecule has 1 fully saturated rings. The Balaban J connectivity index is 1.90. The van der Waals surface area contributed by atoms with Crippen molar-refractivity contribution in [3.05, 3.63) is 40.9 Å². The third-order valence-corrected chi connectivity index (χ3v) is 5.31. The average Bonchev–Trinajstić information content (AvgIpc) is 3.07. The number of fused-ring (bicyclic) bond motifs is 1. The molecule has 3 heterocycles. The number of pyridine rings is 1. The van der Waals surface area contributed by atoms with Crippen LogP contribution in [0.4, 0.5) is 13.2 Å². The maximum absolute atomic E-state index is 13.1. The van der Waals surface area contributed by atoms with Gasteiger partial charge in [-0.25, -0.2) is 0 Å². The number of rotatable bonds is 5. The van der Waals surface area contributed by atoms with Gasteiger partial charge in [-0.15, -0.1) is 0 Å². The highest BCUT2D eigenvalue weighted by Crippen LogP contribution is 2.39. The minimum absolute atomic E-state index is 0.114. The van der Waals surface area contributed by atoms with Crippen LogP contribution >= 0.6 is 0 Å². The number of alkyl halides is 3. The highest BCUT2D eigenvalue weighted by Gasteiger charge is 2.41. The first-order chi connectivity index (χ1) is 12.4. The summed E-state index contributed by atoms with van der Waals surface area (Å²) in [5.41, 5.74) is 1.85. The van der Waals surface area contributed by atoms with Crippen molar-refractivity contribution in [2.45, 2.75) is 38.9 Å².